The Morgan fingerprint density at radius 2 is 1.71 bits per heavy atom. The van der Waals surface area contributed by atoms with E-state index in [-0.39, 0.29) is 0 Å². The maximum atomic E-state index is 5.84. The van der Waals surface area contributed by atoms with Gasteiger partial charge >= 0.3 is 0 Å². The lowest BCUT2D eigenvalue weighted by atomic mass is 9.68. The van der Waals surface area contributed by atoms with Gasteiger partial charge in [0.25, 0.3) is 0 Å². The van der Waals surface area contributed by atoms with Crippen LogP contribution in [0.5, 0.6) is 0 Å². The second kappa shape index (κ2) is 4.59. The van der Waals surface area contributed by atoms with Crippen molar-refractivity contribution in [1.29, 1.82) is 0 Å². The highest BCUT2D eigenvalue weighted by Gasteiger charge is 2.35. The minimum absolute atomic E-state index is 0.694. The molecule has 0 radical (unpaired) electrons. The first-order valence-electron chi connectivity index (χ1n) is 6.95. The van der Waals surface area contributed by atoms with Crippen molar-refractivity contribution in [2.75, 3.05) is 11.1 Å². The van der Waals surface area contributed by atoms with E-state index in [1.54, 1.807) is 0 Å². The molecule has 3 rings (SSSR count). The molecule has 0 saturated heterocycles. The van der Waals surface area contributed by atoms with E-state index in [9.17, 15) is 0 Å². The first kappa shape index (κ1) is 10.9. The Morgan fingerprint density at radius 3 is 2.18 bits per heavy atom. The molecule has 2 heteroatoms. The Balaban J connectivity index is 1.70. The van der Waals surface area contributed by atoms with E-state index in [1.807, 2.05) is 12.1 Å². The number of anilines is 2. The first-order chi connectivity index (χ1) is 8.33. The van der Waals surface area contributed by atoms with E-state index >= 15 is 0 Å². The number of nitrogen functional groups attached to an aromatic ring is 1. The van der Waals surface area contributed by atoms with Crippen LogP contribution in [-0.2, 0) is 0 Å². The Hall–Kier alpha value is -1.18. The fourth-order valence-electron chi connectivity index (χ4n) is 3.04. The predicted molar refractivity (Wildman–Crippen MR) is 72.9 cm³/mol. The van der Waals surface area contributed by atoms with E-state index in [1.165, 1.54) is 44.2 Å². The number of hydrogen-bond donors (Lipinski definition) is 2. The molecule has 17 heavy (non-hydrogen) atoms. The maximum absolute atomic E-state index is 5.84. The van der Waals surface area contributed by atoms with Gasteiger partial charge in [-0.2, -0.15) is 0 Å². The largest absolute Gasteiger partial charge is 0.399 e. The molecule has 2 aliphatic carbocycles. The quantitative estimate of drug-likeness (QED) is 0.775. The van der Waals surface area contributed by atoms with Gasteiger partial charge in [-0.3, -0.25) is 0 Å². The predicted octanol–water partition coefficient (Wildman–Crippen LogP) is 3.65. The fraction of sp³-hybridized carbons (Fsp3) is 0.600. The third kappa shape index (κ3) is 2.26. The summed E-state index contributed by atoms with van der Waals surface area (Å²) in [6.45, 7) is 0. The molecule has 3 N–H and O–H groups in total. The summed E-state index contributed by atoms with van der Waals surface area (Å²) in [6, 6.07) is 8.88. The SMILES string of the molecule is Nc1cccc(NC(C2CCC2)C2CCC2)c1. The fourth-order valence-corrected chi connectivity index (χ4v) is 3.04. The molecular weight excluding hydrogens is 208 g/mol. The molecule has 92 valence electrons. The number of benzene rings is 1. The number of nitrogens with two attached hydrogens (primary N) is 1. The Kier molecular flexibility index (Phi) is 2.96. The first-order valence-corrected chi connectivity index (χ1v) is 6.95. The number of hydrogen-bond acceptors (Lipinski definition) is 2. The van der Waals surface area contributed by atoms with Crippen molar-refractivity contribution in [3.63, 3.8) is 0 Å². The highest BCUT2D eigenvalue weighted by atomic mass is 14.9. The van der Waals surface area contributed by atoms with Gasteiger partial charge in [0.2, 0.25) is 0 Å². The molecular formula is C15H22N2. The van der Waals surface area contributed by atoms with Gasteiger partial charge in [0.1, 0.15) is 0 Å². The van der Waals surface area contributed by atoms with Crippen LogP contribution in [0.1, 0.15) is 38.5 Å². The van der Waals surface area contributed by atoms with E-state index in [2.05, 4.69) is 17.4 Å². The Morgan fingerprint density at radius 1 is 1.06 bits per heavy atom. The zero-order chi connectivity index (χ0) is 11.7. The van der Waals surface area contributed by atoms with Crippen LogP contribution in [-0.4, -0.2) is 6.04 Å². The van der Waals surface area contributed by atoms with E-state index in [4.69, 9.17) is 5.73 Å². The average molecular weight is 230 g/mol. The van der Waals surface area contributed by atoms with Gasteiger partial charge in [0, 0.05) is 17.4 Å². The molecule has 0 heterocycles. The third-order valence-corrected chi connectivity index (χ3v) is 4.54. The molecule has 2 nitrogen and oxygen atoms in total. The lowest BCUT2D eigenvalue weighted by molar-refractivity contribution is 0.166. The smallest absolute Gasteiger partial charge is 0.0363 e. The van der Waals surface area contributed by atoms with E-state index in [0.717, 1.165) is 17.5 Å². The standard InChI is InChI=1S/C15H22N2/c16-13-8-3-9-14(10-13)17-15(11-4-1-5-11)12-6-2-7-12/h3,8-12,15,17H,1-2,4-7,16H2. The molecule has 2 aliphatic rings. The summed E-state index contributed by atoms with van der Waals surface area (Å²) in [6.07, 6.45) is 8.50. The second-order valence-corrected chi connectivity index (χ2v) is 5.68. The summed E-state index contributed by atoms with van der Waals surface area (Å²) in [7, 11) is 0. The van der Waals surface area contributed by atoms with E-state index in [0.29, 0.717) is 6.04 Å². The second-order valence-electron chi connectivity index (χ2n) is 5.68. The highest BCUT2D eigenvalue weighted by molar-refractivity contribution is 5.54. The molecule has 2 fully saturated rings. The molecule has 0 atom stereocenters. The van der Waals surface area contributed by atoms with Gasteiger partial charge in [-0.25, -0.2) is 0 Å². The molecule has 0 spiro atoms. The van der Waals surface area contributed by atoms with Crippen molar-refractivity contribution in [2.45, 2.75) is 44.6 Å². The van der Waals surface area contributed by atoms with Gasteiger partial charge in [0.15, 0.2) is 0 Å². The molecule has 0 bridgehead atoms. The summed E-state index contributed by atoms with van der Waals surface area (Å²) in [5.41, 5.74) is 7.90. The molecule has 0 unspecified atom stereocenters. The van der Waals surface area contributed by atoms with Crippen molar-refractivity contribution >= 4 is 11.4 Å². The Labute approximate surface area is 104 Å². The zero-order valence-corrected chi connectivity index (χ0v) is 10.4. The lowest BCUT2D eigenvalue weighted by Crippen LogP contribution is -2.42. The van der Waals surface area contributed by atoms with Crippen molar-refractivity contribution in [3.8, 4) is 0 Å². The lowest BCUT2D eigenvalue weighted by Gasteiger charge is -2.43. The van der Waals surface area contributed by atoms with Crippen molar-refractivity contribution in [2.24, 2.45) is 11.8 Å². The summed E-state index contributed by atoms with van der Waals surface area (Å²) in [5, 5.41) is 3.74. The van der Waals surface area contributed by atoms with Crippen LogP contribution in [0.15, 0.2) is 24.3 Å². The number of rotatable bonds is 4. The van der Waals surface area contributed by atoms with Crippen LogP contribution in [0, 0.1) is 11.8 Å². The molecule has 0 aromatic heterocycles. The van der Waals surface area contributed by atoms with Gasteiger partial charge in [-0.05, 0) is 55.7 Å². The van der Waals surface area contributed by atoms with Crippen LogP contribution in [0.2, 0.25) is 0 Å². The molecule has 2 saturated carbocycles. The summed E-state index contributed by atoms with van der Waals surface area (Å²) < 4.78 is 0. The average Bonchev–Trinajstić information content (AvgIpc) is 2.11. The molecule has 0 aliphatic heterocycles. The zero-order valence-electron chi connectivity index (χ0n) is 10.4. The van der Waals surface area contributed by atoms with Crippen molar-refractivity contribution < 1.29 is 0 Å². The monoisotopic (exact) mass is 230 g/mol. The summed E-state index contributed by atoms with van der Waals surface area (Å²) in [4.78, 5) is 0. The minimum atomic E-state index is 0.694. The van der Waals surface area contributed by atoms with Gasteiger partial charge in [-0.1, -0.05) is 18.9 Å². The molecule has 1 aromatic rings. The van der Waals surface area contributed by atoms with Crippen molar-refractivity contribution in [1.82, 2.24) is 0 Å². The minimum Gasteiger partial charge on any atom is -0.399 e. The summed E-state index contributed by atoms with van der Waals surface area (Å²) >= 11 is 0. The molecule has 0 amide bonds. The van der Waals surface area contributed by atoms with Crippen LogP contribution >= 0.6 is 0 Å². The number of nitrogens with one attached hydrogen (secondary N) is 1. The van der Waals surface area contributed by atoms with Crippen LogP contribution in [0.25, 0.3) is 0 Å². The van der Waals surface area contributed by atoms with E-state index < -0.39 is 0 Å². The Bertz CT molecular complexity index is 366. The van der Waals surface area contributed by atoms with Crippen molar-refractivity contribution in [3.05, 3.63) is 24.3 Å². The summed E-state index contributed by atoms with van der Waals surface area (Å²) in [5.74, 6) is 1.81. The maximum Gasteiger partial charge on any atom is 0.0363 e. The normalized spacial score (nSPS) is 21.0. The topological polar surface area (TPSA) is 38.0 Å². The molecule has 1 aromatic carbocycles. The van der Waals surface area contributed by atoms with Crippen LogP contribution < -0.4 is 11.1 Å². The van der Waals surface area contributed by atoms with Gasteiger partial charge in [-0.15, -0.1) is 0 Å². The van der Waals surface area contributed by atoms with Gasteiger partial charge < -0.3 is 11.1 Å². The van der Waals surface area contributed by atoms with Gasteiger partial charge in [0.05, 0.1) is 0 Å². The third-order valence-electron chi connectivity index (χ3n) is 4.54. The highest BCUT2D eigenvalue weighted by Crippen LogP contribution is 2.41. The van der Waals surface area contributed by atoms with Crippen LogP contribution in [0.3, 0.4) is 0 Å². The van der Waals surface area contributed by atoms with Crippen LogP contribution in [0.4, 0.5) is 11.4 Å².